The van der Waals surface area contributed by atoms with Crippen LogP contribution in [0, 0.1) is 0 Å². The van der Waals surface area contributed by atoms with Gasteiger partial charge in [-0.1, -0.05) is 30.3 Å². The predicted octanol–water partition coefficient (Wildman–Crippen LogP) is 1.14. The molecule has 0 aromatic heterocycles. The summed E-state index contributed by atoms with van der Waals surface area (Å²) in [5.74, 6) is 0.683. The van der Waals surface area contributed by atoms with E-state index in [-0.39, 0.29) is 18.1 Å². The molecule has 1 aliphatic heterocycles. The fraction of sp³-hybridized carbons (Fsp3) is 0.533. The molecule has 4 nitrogen and oxygen atoms in total. The number of amides is 1. The van der Waals surface area contributed by atoms with Gasteiger partial charge in [-0.05, 0) is 25.3 Å². The van der Waals surface area contributed by atoms with Gasteiger partial charge in [0, 0.05) is 29.4 Å². The Morgan fingerprint density at radius 3 is 2.65 bits per heavy atom. The van der Waals surface area contributed by atoms with Gasteiger partial charge in [0.15, 0.2) is 0 Å². The predicted molar refractivity (Wildman–Crippen MR) is 81.8 cm³/mol. The third-order valence-electron chi connectivity index (χ3n) is 3.68. The highest BCUT2D eigenvalue weighted by molar-refractivity contribution is 7.84. The number of carbonyl (C=O) groups is 1. The zero-order chi connectivity index (χ0) is 14.5. The van der Waals surface area contributed by atoms with E-state index in [1.807, 2.05) is 25.1 Å². The van der Waals surface area contributed by atoms with Crippen molar-refractivity contribution in [3.05, 3.63) is 35.9 Å². The minimum absolute atomic E-state index is 0.0341. The first kappa shape index (κ1) is 15.2. The SMILES string of the molecule is CC1NC(CCc2ccccc2)C(=O)N1CCS(C)=O. The maximum Gasteiger partial charge on any atom is 0.241 e. The van der Waals surface area contributed by atoms with E-state index in [2.05, 4.69) is 17.4 Å². The highest BCUT2D eigenvalue weighted by Gasteiger charge is 2.35. The van der Waals surface area contributed by atoms with Crippen molar-refractivity contribution in [2.45, 2.75) is 32.0 Å². The number of hydrogen-bond acceptors (Lipinski definition) is 3. The van der Waals surface area contributed by atoms with Crippen LogP contribution in [-0.4, -0.2) is 45.8 Å². The Kier molecular flexibility index (Phi) is 5.31. The lowest BCUT2D eigenvalue weighted by atomic mass is 10.1. The first-order valence-corrected chi connectivity index (χ1v) is 8.71. The second-order valence-corrected chi connectivity index (χ2v) is 6.78. The molecule has 0 aliphatic carbocycles. The molecule has 1 fully saturated rings. The number of nitrogens with one attached hydrogen (secondary N) is 1. The Labute approximate surface area is 123 Å². The van der Waals surface area contributed by atoms with Crippen LogP contribution in [0.1, 0.15) is 18.9 Å². The van der Waals surface area contributed by atoms with Crippen LogP contribution in [0.4, 0.5) is 0 Å². The number of carbonyl (C=O) groups excluding carboxylic acids is 1. The van der Waals surface area contributed by atoms with Gasteiger partial charge >= 0.3 is 0 Å². The van der Waals surface area contributed by atoms with E-state index in [9.17, 15) is 9.00 Å². The molecule has 3 atom stereocenters. The summed E-state index contributed by atoms with van der Waals surface area (Å²) in [6.07, 6.45) is 3.40. The van der Waals surface area contributed by atoms with Crippen molar-refractivity contribution in [2.75, 3.05) is 18.6 Å². The van der Waals surface area contributed by atoms with Crippen LogP contribution < -0.4 is 5.32 Å². The summed E-state index contributed by atoms with van der Waals surface area (Å²) in [7, 11) is -0.858. The topological polar surface area (TPSA) is 49.4 Å². The van der Waals surface area contributed by atoms with Crippen LogP contribution >= 0.6 is 0 Å². The van der Waals surface area contributed by atoms with E-state index in [0.717, 1.165) is 12.8 Å². The molecular weight excluding hydrogens is 272 g/mol. The van der Waals surface area contributed by atoms with Gasteiger partial charge in [-0.15, -0.1) is 0 Å². The summed E-state index contributed by atoms with van der Waals surface area (Å²) in [5, 5.41) is 3.33. The summed E-state index contributed by atoms with van der Waals surface area (Å²) in [4.78, 5) is 14.1. The van der Waals surface area contributed by atoms with Crippen LogP contribution in [-0.2, 0) is 22.0 Å². The summed E-state index contributed by atoms with van der Waals surface area (Å²) in [6.45, 7) is 2.55. The van der Waals surface area contributed by atoms with Crippen LogP contribution in [0.3, 0.4) is 0 Å². The molecule has 110 valence electrons. The van der Waals surface area contributed by atoms with Crippen molar-refractivity contribution >= 4 is 16.7 Å². The summed E-state index contributed by atoms with van der Waals surface area (Å²) < 4.78 is 11.2. The largest absolute Gasteiger partial charge is 0.325 e. The monoisotopic (exact) mass is 294 g/mol. The molecule has 1 aromatic carbocycles. The van der Waals surface area contributed by atoms with Crippen LogP contribution in [0.25, 0.3) is 0 Å². The third-order valence-corrected chi connectivity index (χ3v) is 4.43. The van der Waals surface area contributed by atoms with E-state index >= 15 is 0 Å². The van der Waals surface area contributed by atoms with Gasteiger partial charge in [0.1, 0.15) is 0 Å². The molecule has 20 heavy (non-hydrogen) atoms. The number of rotatable bonds is 6. The van der Waals surface area contributed by atoms with Crippen LogP contribution in [0.5, 0.6) is 0 Å². The van der Waals surface area contributed by atoms with E-state index in [1.165, 1.54) is 5.56 Å². The Hall–Kier alpha value is -1.20. The van der Waals surface area contributed by atoms with E-state index < -0.39 is 10.8 Å². The highest BCUT2D eigenvalue weighted by Crippen LogP contribution is 2.15. The maximum atomic E-state index is 12.3. The van der Waals surface area contributed by atoms with Gasteiger partial charge in [-0.25, -0.2) is 0 Å². The second kappa shape index (κ2) is 6.99. The van der Waals surface area contributed by atoms with E-state index in [1.54, 1.807) is 11.2 Å². The van der Waals surface area contributed by atoms with Gasteiger partial charge in [0.05, 0.1) is 12.2 Å². The highest BCUT2D eigenvalue weighted by atomic mass is 32.2. The van der Waals surface area contributed by atoms with E-state index in [4.69, 9.17) is 0 Å². The second-order valence-electron chi connectivity index (χ2n) is 5.23. The Morgan fingerprint density at radius 1 is 1.30 bits per heavy atom. The number of hydrogen-bond donors (Lipinski definition) is 1. The molecule has 1 N–H and O–H groups in total. The van der Waals surface area contributed by atoms with E-state index in [0.29, 0.717) is 12.3 Å². The molecule has 5 heteroatoms. The number of benzene rings is 1. The average molecular weight is 294 g/mol. The minimum Gasteiger partial charge on any atom is -0.325 e. The van der Waals surface area contributed by atoms with Crippen molar-refractivity contribution in [1.29, 1.82) is 0 Å². The zero-order valence-corrected chi connectivity index (χ0v) is 12.9. The van der Waals surface area contributed by atoms with Crippen molar-refractivity contribution in [2.24, 2.45) is 0 Å². The molecule has 1 amide bonds. The van der Waals surface area contributed by atoms with Crippen LogP contribution in [0.15, 0.2) is 30.3 Å². The molecule has 0 saturated carbocycles. The zero-order valence-electron chi connectivity index (χ0n) is 12.0. The molecular formula is C15H22N2O2S. The van der Waals surface area contributed by atoms with Crippen molar-refractivity contribution in [1.82, 2.24) is 10.2 Å². The molecule has 1 heterocycles. The lowest BCUT2D eigenvalue weighted by Gasteiger charge is -2.19. The fourth-order valence-corrected chi connectivity index (χ4v) is 2.99. The van der Waals surface area contributed by atoms with Crippen LogP contribution in [0.2, 0.25) is 0 Å². The molecule has 0 spiro atoms. The van der Waals surface area contributed by atoms with Gasteiger partial charge in [0.25, 0.3) is 0 Å². The standard InChI is InChI=1S/C15H22N2O2S/c1-12-16-14(9-8-13-6-4-3-5-7-13)15(18)17(12)10-11-20(2)19/h3-7,12,14,16H,8-11H2,1-2H3. The lowest BCUT2D eigenvalue weighted by molar-refractivity contribution is -0.129. The average Bonchev–Trinajstić information content (AvgIpc) is 2.70. The van der Waals surface area contributed by atoms with Crippen molar-refractivity contribution in [3.8, 4) is 0 Å². The lowest BCUT2D eigenvalue weighted by Crippen LogP contribution is -2.37. The van der Waals surface area contributed by atoms with Gasteiger partial charge in [-0.2, -0.15) is 0 Å². The Morgan fingerprint density at radius 2 is 2.00 bits per heavy atom. The fourth-order valence-electron chi connectivity index (χ4n) is 2.54. The maximum absolute atomic E-state index is 12.3. The van der Waals surface area contributed by atoms with Crippen molar-refractivity contribution in [3.63, 3.8) is 0 Å². The molecule has 1 saturated heterocycles. The summed E-state index contributed by atoms with van der Waals surface area (Å²) in [5.41, 5.74) is 1.25. The van der Waals surface area contributed by atoms with Gasteiger partial charge in [0.2, 0.25) is 5.91 Å². The first-order chi connectivity index (χ1) is 9.58. The van der Waals surface area contributed by atoms with Crippen molar-refractivity contribution < 1.29 is 9.00 Å². The molecule has 2 rings (SSSR count). The summed E-state index contributed by atoms with van der Waals surface area (Å²) >= 11 is 0. The quantitative estimate of drug-likeness (QED) is 0.856. The minimum atomic E-state index is -0.858. The molecule has 0 radical (unpaired) electrons. The molecule has 0 bridgehead atoms. The number of nitrogens with zero attached hydrogens (tertiary/aromatic N) is 1. The first-order valence-electron chi connectivity index (χ1n) is 6.98. The third kappa shape index (κ3) is 3.90. The normalized spacial score (nSPS) is 24.1. The molecule has 3 unspecified atom stereocenters. The smallest absolute Gasteiger partial charge is 0.241 e. The van der Waals surface area contributed by atoms with Gasteiger partial charge < -0.3 is 4.90 Å². The Bertz CT molecular complexity index is 478. The van der Waals surface area contributed by atoms with Gasteiger partial charge in [-0.3, -0.25) is 14.3 Å². The molecule has 1 aliphatic rings. The number of aryl methyl sites for hydroxylation is 1. The Balaban J connectivity index is 1.87. The summed E-state index contributed by atoms with van der Waals surface area (Å²) in [6, 6.07) is 10.1. The molecule has 1 aromatic rings.